The van der Waals surface area contributed by atoms with E-state index < -0.39 is 0 Å². The Labute approximate surface area is 157 Å². The Morgan fingerprint density at radius 2 is 1.96 bits per heavy atom. The number of piperidine rings is 2. The van der Waals surface area contributed by atoms with Crippen LogP contribution in [-0.4, -0.2) is 55.5 Å². The van der Waals surface area contributed by atoms with Crippen molar-refractivity contribution in [2.45, 2.75) is 39.2 Å². The minimum Gasteiger partial charge on any atom is -0.356 e. The average Bonchev–Trinajstić information content (AvgIpc) is 2.65. The number of nitrogens with one attached hydrogen (secondary N) is 1. The molecule has 0 aliphatic carbocycles. The molecule has 0 radical (unpaired) electrons. The van der Waals surface area contributed by atoms with Crippen molar-refractivity contribution in [2.75, 3.05) is 39.8 Å². The predicted octanol–water partition coefficient (Wildman–Crippen LogP) is 3.35. The van der Waals surface area contributed by atoms with E-state index in [-0.39, 0.29) is 5.82 Å². The zero-order chi connectivity index (χ0) is 18.4. The van der Waals surface area contributed by atoms with Crippen LogP contribution in [0.5, 0.6) is 0 Å². The molecule has 3 rings (SSSR count). The predicted molar refractivity (Wildman–Crippen MR) is 106 cm³/mol. The van der Waals surface area contributed by atoms with E-state index in [1.54, 1.807) is 12.1 Å². The van der Waals surface area contributed by atoms with Gasteiger partial charge in [0.15, 0.2) is 5.96 Å². The number of hydrogen-bond acceptors (Lipinski definition) is 2. The molecule has 0 spiro atoms. The van der Waals surface area contributed by atoms with Gasteiger partial charge in [-0.25, -0.2) is 4.39 Å². The molecule has 144 valence electrons. The molecule has 0 amide bonds. The summed E-state index contributed by atoms with van der Waals surface area (Å²) in [4.78, 5) is 9.27. The minimum absolute atomic E-state index is 0.0872. The van der Waals surface area contributed by atoms with Crippen LogP contribution >= 0.6 is 0 Å². The quantitative estimate of drug-likeness (QED) is 0.660. The zero-order valence-electron chi connectivity index (χ0n) is 16.3. The Kier molecular flexibility index (Phi) is 6.89. The first-order chi connectivity index (χ1) is 12.7. The normalized spacial score (nSPS) is 23.3. The summed E-state index contributed by atoms with van der Waals surface area (Å²) >= 11 is 0. The Hall–Kier alpha value is -1.62. The maximum Gasteiger partial charge on any atom is 0.193 e. The highest BCUT2D eigenvalue weighted by Gasteiger charge is 2.22. The summed E-state index contributed by atoms with van der Waals surface area (Å²) in [6.07, 6.45) is 4.91. The van der Waals surface area contributed by atoms with E-state index in [0.717, 1.165) is 69.6 Å². The van der Waals surface area contributed by atoms with Crippen molar-refractivity contribution in [3.8, 4) is 0 Å². The smallest absolute Gasteiger partial charge is 0.193 e. The van der Waals surface area contributed by atoms with Gasteiger partial charge in [-0.3, -0.25) is 9.89 Å². The van der Waals surface area contributed by atoms with Gasteiger partial charge in [0.1, 0.15) is 5.82 Å². The fourth-order valence-electron chi connectivity index (χ4n) is 4.17. The van der Waals surface area contributed by atoms with E-state index >= 15 is 0 Å². The van der Waals surface area contributed by atoms with Crippen LogP contribution in [0.15, 0.2) is 29.3 Å². The Bertz CT molecular complexity index is 595. The van der Waals surface area contributed by atoms with Crippen molar-refractivity contribution in [1.29, 1.82) is 0 Å². The molecule has 2 aliphatic heterocycles. The van der Waals surface area contributed by atoms with Gasteiger partial charge in [0.25, 0.3) is 0 Å². The second-order valence-electron chi connectivity index (χ2n) is 7.93. The van der Waals surface area contributed by atoms with Crippen LogP contribution < -0.4 is 5.32 Å². The molecule has 2 heterocycles. The van der Waals surface area contributed by atoms with Crippen molar-refractivity contribution < 1.29 is 4.39 Å². The molecular weight excluding hydrogens is 327 g/mol. The van der Waals surface area contributed by atoms with Gasteiger partial charge >= 0.3 is 0 Å². The molecule has 1 N–H and O–H groups in total. The molecule has 1 unspecified atom stereocenters. The molecular formula is C21H33FN4. The summed E-state index contributed by atoms with van der Waals surface area (Å²) in [6, 6.07) is 7.13. The first-order valence-electron chi connectivity index (χ1n) is 10.1. The molecule has 2 aliphatic rings. The fraction of sp³-hybridized carbons (Fsp3) is 0.667. The molecule has 1 aromatic carbocycles. The van der Waals surface area contributed by atoms with Crippen LogP contribution in [-0.2, 0) is 6.54 Å². The van der Waals surface area contributed by atoms with Gasteiger partial charge in [0.05, 0.1) is 0 Å². The van der Waals surface area contributed by atoms with Gasteiger partial charge < -0.3 is 10.2 Å². The lowest BCUT2D eigenvalue weighted by molar-refractivity contribution is 0.175. The van der Waals surface area contributed by atoms with E-state index in [4.69, 9.17) is 0 Å². The Balaban J connectivity index is 1.41. The number of rotatable bonds is 4. The molecule has 0 saturated carbocycles. The van der Waals surface area contributed by atoms with E-state index in [2.05, 4.69) is 27.0 Å². The zero-order valence-corrected chi connectivity index (χ0v) is 16.3. The first kappa shape index (κ1) is 19.2. The van der Waals surface area contributed by atoms with Crippen molar-refractivity contribution >= 4 is 5.96 Å². The number of aliphatic imine (C=N–C) groups is 1. The number of halogens is 1. The molecule has 0 bridgehead atoms. The molecule has 1 atom stereocenters. The Morgan fingerprint density at radius 3 is 2.65 bits per heavy atom. The van der Waals surface area contributed by atoms with Crippen molar-refractivity contribution in [1.82, 2.24) is 15.1 Å². The van der Waals surface area contributed by atoms with Gasteiger partial charge in [-0.2, -0.15) is 0 Å². The van der Waals surface area contributed by atoms with Crippen molar-refractivity contribution in [3.05, 3.63) is 35.6 Å². The van der Waals surface area contributed by atoms with E-state index in [1.165, 1.54) is 12.8 Å². The largest absolute Gasteiger partial charge is 0.356 e. The summed E-state index contributed by atoms with van der Waals surface area (Å²) in [6.45, 7) is 8.35. The first-order valence-corrected chi connectivity index (χ1v) is 10.1. The van der Waals surface area contributed by atoms with Crippen molar-refractivity contribution in [3.63, 3.8) is 0 Å². The monoisotopic (exact) mass is 360 g/mol. The van der Waals surface area contributed by atoms with Gasteiger partial charge in [0, 0.05) is 38.8 Å². The maximum absolute atomic E-state index is 13.8. The highest BCUT2D eigenvalue weighted by Crippen LogP contribution is 2.20. The van der Waals surface area contributed by atoms with Gasteiger partial charge in [0.2, 0.25) is 0 Å². The molecule has 26 heavy (non-hydrogen) atoms. The lowest BCUT2D eigenvalue weighted by atomic mass is 9.96. The molecule has 2 fully saturated rings. The molecule has 5 heteroatoms. The second-order valence-corrected chi connectivity index (χ2v) is 7.93. The highest BCUT2D eigenvalue weighted by molar-refractivity contribution is 5.79. The summed E-state index contributed by atoms with van der Waals surface area (Å²) < 4.78 is 13.8. The Morgan fingerprint density at radius 1 is 1.19 bits per heavy atom. The van der Waals surface area contributed by atoms with Crippen LogP contribution in [0.1, 0.15) is 38.2 Å². The minimum atomic E-state index is -0.0872. The lowest BCUT2D eigenvalue weighted by Crippen LogP contribution is -2.48. The van der Waals surface area contributed by atoms with Crippen LogP contribution in [0, 0.1) is 17.7 Å². The third kappa shape index (κ3) is 5.19. The maximum atomic E-state index is 13.8. The van der Waals surface area contributed by atoms with Gasteiger partial charge in [-0.15, -0.1) is 0 Å². The van der Waals surface area contributed by atoms with Crippen LogP contribution in [0.2, 0.25) is 0 Å². The number of likely N-dealkylation sites (tertiary alicyclic amines) is 2. The number of nitrogens with zero attached hydrogens (tertiary/aromatic N) is 3. The SMILES string of the molecule is CN=C(NCC1CCN(Cc2ccccc2F)CC1)N1CCCC(C)C1. The molecule has 2 saturated heterocycles. The van der Waals surface area contributed by atoms with Gasteiger partial charge in [-0.05, 0) is 56.7 Å². The average molecular weight is 361 g/mol. The van der Waals surface area contributed by atoms with Crippen LogP contribution in [0.3, 0.4) is 0 Å². The molecule has 0 aromatic heterocycles. The number of hydrogen-bond donors (Lipinski definition) is 1. The van der Waals surface area contributed by atoms with E-state index in [0.29, 0.717) is 5.92 Å². The molecule has 4 nitrogen and oxygen atoms in total. The highest BCUT2D eigenvalue weighted by atomic mass is 19.1. The third-order valence-corrected chi connectivity index (χ3v) is 5.78. The molecule has 1 aromatic rings. The van der Waals surface area contributed by atoms with Crippen molar-refractivity contribution in [2.24, 2.45) is 16.8 Å². The van der Waals surface area contributed by atoms with Crippen LogP contribution in [0.25, 0.3) is 0 Å². The third-order valence-electron chi connectivity index (χ3n) is 5.78. The summed E-state index contributed by atoms with van der Waals surface area (Å²) in [5.41, 5.74) is 0.809. The fourth-order valence-corrected chi connectivity index (χ4v) is 4.17. The lowest BCUT2D eigenvalue weighted by Gasteiger charge is -2.35. The summed E-state index contributed by atoms with van der Waals surface area (Å²) in [5.74, 6) is 2.40. The van der Waals surface area contributed by atoms with E-state index in [9.17, 15) is 4.39 Å². The number of guanidine groups is 1. The second kappa shape index (κ2) is 9.36. The summed E-state index contributed by atoms with van der Waals surface area (Å²) in [7, 11) is 1.89. The van der Waals surface area contributed by atoms with E-state index in [1.807, 2.05) is 19.2 Å². The topological polar surface area (TPSA) is 30.9 Å². The van der Waals surface area contributed by atoms with Crippen LogP contribution in [0.4, 0.5) is 4.39 Å². The number of benzene rings is 1. The van der Waals surface area contributed by atoms with Gasteiger partial charge in [-0.1, -0.05) is 25.1 Å². The standard InChI is InChI=1S/C21H33FN4/c1-17-6-5-11-26(15-17)21(23-2)24-14-18-9-12-25(13-10-18)16-19-7-3-4-8-20(19)22/h3-4,7-8,17-18H,5-6,9-16H2,1-2H3,(H,23,24). The summed E-state index contributed by atoms with van der Waals surface area (Å²) in [5, 5.41) is 3.60.